The number of hydrogen-bond acceptors (Lipinski definition) is 7. The van der Waals surface area contributed by atoms with Crippen LogP contribution >= 0.6 is 11.3 Å². The minimum absolute atomic E-state index is 0.0345. The second kappa shape index (κ2) is 5.83. The molecule has 0 fully saturated rings. The molecule has 0 aromatic carbocycles. The Kier molecular flexibility index (Phi) is 4.16. The van der Waals surface area contributed by atoms with Crippen LogP contribution in [0.3, 0.4) is 0 Å². The van der Waals surface area contributed by atoms with Gasteiger partial charge in [-0.15, -0.1) is 11.3 Å². The summed E-state index contributed by atoms with van der Waals surface area (Å²) < 4.78 is 5.07. The highest BCUT2D eigenvalue weighted by Gasteiger charge is 2.14. The third-order valence-corrected chi connectivity index (χ3v) is 4.01. The number of anilines is 2. The van der Waals surface area contributed by atoms with E-state index in [1.54, 1.807) is 11.3 Å². The number of nitrogens with zero attached hydrogens (tertiary/aromatic N) is 3. The third kappa shape index (κ3) is 2.93. The minimum Gasteiger partial charge on any atom is -0.479 e. The van der Waals surface area contributed by atoms with Crippen molar-refractivity contribution in [2.24, 2.45) is 0 Å². The fraction of sp³-hybridized carbons (Fsp3) is 0.417. The normalized spacial score (nSPS) is 12.2. The molecule has 2 heterocycles. The fourth-order valence-corrected chi connectivity index (χ4v) is 2.47. The van der Waals surface area contributed by atoms with E-state index in [1.807, 2.05) is 13.1 Å². The number of aromatic nitrogens is 3. The topological polar surface area (TPSA) is 86.0 Å². The molecule has 6 nitrogen and oxygen atoms in total. The zero-order chi connectivity index (χ0) is 13.8. The second-order valence-corrected chi connectivity index (χ2v) is 5.18. The number of hydrogen-bond donors (Lipinski definition) is 2. The lowest BCUT2D eigenvalue weighted by Gasteiger charge is -2.14. The molecule has 0 saturated heterocycles. The van der Waals surface area contributed by atoms with Crippen molar-refractivity contribution >= 4 is 22.8 Å². The summed E-state index contributed by atoms with van der Waals surface area (Å²) >= 11 is 1.69. The number of rotatable bonds is 5. The van der Waals surface area contributed by atoms with Crippen molar-refractivity contribution in [3.63, 3.8) is 0 Å². The van der Waals surface area contributed by atoms with Crippen molar-refractivity contribution in [2.75, 3.05) is 18.2 Å². The van der Waals surface area contributed by atoms with Crippen LogP contribution in [0.25, 0.3) is 0 Å². The molecule has 0 aliphatic rings. The van der Waals surface area contributed by atoms with Crippen LogP contribution in [0.1, 0.15) is 29.8 Å². The number of nitrogen functional groups attached to an aromatic ring is 1. The molecule has 0 saturated carbocycles. The molecule has 1 unspecified atom stereocenters. The molecular weight excluding hydrogens is 262 g/mol. The van der Waals surface area contributed by atoms with Crippen LogP contribution in [0.2, 0.25) is 0 Å². The van der Waals surface area contributed by atoms with Crippen LogP contribution in [0, 0.1) is 0 Å². The molecule has 19 heavy (non-hydrogen) atoms. The van der Waals surface area contributed by atoms with Gasteiger partial charge in [0.1, 0.15) is 17.0 Å². The number of aryl methyl sites for hydroxylation is 1. The maximum Gasteiger partial charge on any atom is 0.242 e. The molecule has 0 amide bonds. The van der Waals surface area contributed by atoms with E-state index >= 15 is 0 Å². The number of methoxy groups -OCH3 is 1. The van der Waals surface area contributed by atoms with Crippen LogP contribution in [-0.2, 0) is 6.42 Å². The average molecular weight is 279 g/mol. The Bertz CT molecular complexity index is 557. The maximum absolute atomic E-state index is 5.92. The lowest BCUT2D eigenvalue weighted by atomic mass is 10.3. The van der Waals surface area contributed by atoms with Gasteiger partial charge in [0.05, 0.1) is 13.2 Å². The Morgan fingerprint density at radius 1 is 1.42 bits per heavy atom. The summed E-state index contributed by atoms with van der Waals surface area (Å²) in [6.07, 6.45) is 4.32. The van der Waals surface area contributed by atoms with Gasteiger partial charge in [0, 0.05) is 11.1 Å². The first-order valence-corrected chi connectivity index (χ1v) is 6.83. The lowest BCUT2D eigenvalue weighted by Crippen LogP contribution is -2.10. The van der Waals surface area contributed by atoms with Crippen LogP contribution in [0.15, 0.2) is 12.5 Å². The quantitative estimate of drug-likeness (QED) is 0.873. The van der Waals surface area contributed by atoms with Gasteiger partial charge in [0.25, 0.3) is 0 Å². The first-order valence-electron chi connectivity index (χ1n) is 6.01. The SMILES string of the molecule is CCc1cnc(C(C)Nc2ncnc(OC)c2N)s1. The van der Waals surface area contributed by atoms with Crippen molar-refractivity contribution in [1.82, 2.24) is 15.0 Å². The molecule has 0 spiro atoms. The molecular formula is C12H17N5OS. The Hall–Kier alpha value is -1.89. The predicted molar refractivity (Wildman–Crippen MR) is 76.5 cm³/mol. The van der Waals surface area contributed by atoms with Gasteiger partial charge in [-0.3, -0.25) is 0 Å². The van der Waals surface area contributed by atoms with Gasteiger partial charge >= 0.3 is 0 Å². The van der Waals surface area contributed by atoms with Crippen LogP contribution in [-0.4, -0.2) is 22.1 Å². The Morgan fingerprint density at radius 2 is 2.21 bits per heavy atom. The molecule has 3 N–H and O–H groups in total. The molecule has 102 valence electrons. The Balaban J connectivity index is 2.16. The van der Waals surface area contributed by atoms with Gasteiger partial charge in [-0.05, 0) is 13.3 Å². The van der Waals surface area contributed by atoms with Crippen LogP contribution in [0.5, 0.6) is 5.88 Å². The van der Waals surface area contributed by atoms with Gasteiger partial charge < -0.3 is 15.8 Å². The predicted octanol–water partition coefficient (Wildman–Crippen LogP) is 2.26. The summed E-state index contributed by atoms with van der Waals surface area (Å²) in [7, 11) is 1.53. The highest BCUT2D eigenvalue weighted by Crippen LogP contribution is 2.29. The highest BCUT2D eigenvalue weighted by atomic mass is 32.1. The first kappa shape index (κ1) is 13.5. The third-order valence-electron chi connectivity index (χ3n) is 2.68. The number of ether oxygens (including phenoxy) is 1. The molecule has 0 bridgehead atoms. The fourth-order valence-electron chi connectivity index (χ4n) is 1.61. The van der Waals surface area contributed by atoms with E-state index in [0.29, 0.717) is 17.4 Å². The van der Waals surface area contributed by atoms with Gasteiger partial charge in [0.2, 0.25) is 5.88 Å². The van der Waals surface area contributed by atoms with Crippen molar-refractivity contribution in [3.8, 4) is 5.88 Å². The van der Waals surface area contributed by atoms with E-state index in [-0.39, 0.29) is 6.04 Å². The van der Waals surface area contributed by atoms with Gasteiger partial charge in [-0.2, -0.15) is 4.98 Å². The summed E-state index contributed by atoms with van der Waals surface area (Å²) in [5.74, 6) is 0.936. The van der Waals surface area contributed by atoms with Crippen molar-refractivity contribution < 1.29 is 4.74 Å². The number of nitrogens with two attached hydrogens (primary N) is 1. The van der Waals surface area contributed by atoms with Crippen molar-refractivity contribution in [3.05, 3.63) is 22.4 Å². The zero-order valence-corrected chi connectivity index (χ0v) is 12.0. The number of thiazole rings is 1. The molecule has 7 heteroatoms. The zero-order valence-electron chi connectivity index (χ0n) is 11.2. The van der Waals surface area contributed by atoms with E-state index in [2.05, 4.69) is 27.2 Å². The largest absolute Gasteiger partial charge is 0.479 e. The van der Waals surface area contributed by atoms with E-state index < -0.39 is 0 Å². The van der Waals surface area contributed by atoms with Gasteiger partial charge in [-0.1, -0.05) is 6.92 Å². The standard InChI is InChI=1S/C12H17N5OS/c1-4-8-5-14-12(19-8)7(2)17-10-9(13)11(18-3)16-6-15-10/h5-7H,4,13H2,1-3H3,(H,15,16,17). The smallest absolute Gasteiger partial charge is 0.242 e. The number of nitrogens with one attached hydrogen (secondary N) is 1. The van der Waals surface area contributed by atoms with Crippen molar-refractivity contribution in [1.29, 1.82) is 0 Å². The molecule has 0 aliphatic carbocycles. The molecule has 2 aromatic heterocycles. The minimum atomic E-state index is 0.0345. The molecule has 2 rings (SSSR count). The van der Waals surface area contributed by atoms with E-state index in [9.17, 15) is 0 Å². The maximum atomic E-state index is 5.92. The van der Waals surface area contributed by atoms with Gasteiger partial charge in [0.15, 0.2) is 5.82 Å². The molecule has 0 aliphatic heterocycles. The monoisotopic (exact) mass is 279 g/mol. The van der Waals surface area contributed by atoms with Crippen LogP contribution in [0.4, 0.5) is 11.5 Å². The van der Waals surface area contributed by atoms with E-state index in [1.165, 1.54) is 18.3 Å². The van der Waals surface area contributed by atoms with Crippen molar-refractivity contribution in [2.45, 2.75) is 26.3 Å². The molecule has 0 radical (unpaired) electrons. The molecule has 1 atom stereocenters. The summed E-state index contributed by atoms with van der Waals surface area (Å²) in [5, 5.41) is 4.24. The molecule has 2 aromatic rings. The summed E-state index contributed by atoms with van der Waals surface area (Å²) in [6.45, 7) is 4.13. The average Bonchev–Trinajstić information content (AvgIpc) is 2.90. The summed E-state index contributed by atoms with van der Waals surface area (Å²) in [5.41, 5.74) is 6.33. The lowest BCUT2D eigenvalue weighted by molar-refractivity contribution is 0.399. The second-order valence-electron chi connectivity index (χ2n) is 4.03. The Labute approximate surface area is 116 Å². The highest BCUT2D eigenvalue weighted by molar-refractivity contribution is 7.11. The first-order chi connectivity index (χ1) is 9.15. The van der Waals surface area contributed by atoms with E-state index in [4.69, 9.17) is 10.5 Å². The summed E-state index contributed by atoms with van der Waals surface area (Å²) in [4.78, 5) is 13.7. The van der Waals surface area contributed by atoms with Gasteiger partial charge in [-0.25, -0.2) is 9.97 Å². The Morgan fingerprint density at radius 3 is 2.84 bits per heavy atom. The summed E-state index contributed by atoms with van der Waals surface area (Å²) in [6, 6.07) is 0.0345. The van der Waals surface area contributed by atoms with E-state index in [0.717, 1.165) is 11.4 Å². The van der Waals surface area contributed by atoms with Crippen LogP contribution < -0.4 is 15.8 Å².